The largest absolute Gasteiger partial charge is 0.493 e. The normalized spacial score (nSPS) is 15.1. The summed E-state index contributed by atoms with van der Waals surface area (Å²) >= 11 is 0. The fourth-order valence-electron chi connectivity index (χ4n) is 3.06. The van der Waals surface area contributed by atoms with Gasteiger partial charge in [0.05, 0.1) is 12.8 Å². The zero-order valence-corrected chi connectivity index (χ0v) is 15.2. The van der Waals surface area contributed by atoms with Crippen molar-refractivity contribution in [2.24, 2.45) is 0 Å². The Morgan fingerprint density at radius 3 is 2.85 bits per heavy atom. The highest BCUT2D eigenvalue weighted by atomic mass is 16.5. The number of nitrogens with zero attached hydrogens (tertiary/aromatic N) is 1. The van der Waals surface area contributed by atoms with Crippen molar-refractivity contribution in [1.82, 2.24) is 15.5 Å². The number of aromatic nitrogens is 2. The van der Waals surface area contributed by atoms with Crippen LogP contribution in [0.25, 0.3) is 0 Å². The monoisotopic (exact) mass is 355 g/mol. The first-order chi connectivity index (χ1) is 12.7. The predicted octanol–water partition coefficient (Wildman–Crippen LogP) is 3.62. The maximum atomic E-state index is 12.4. The second-order valence-corrected chi connectivity index (χ2v) is 6.44. The lowest BCUT2D eigenvalue weighted by molar-refractivity contribution is 0.0939. The Hall–Kier alpha value is -2.76. The van der Waals surface area contributed by atoms with Crippen LogP contribution < -0.4 is 14.8 Å². The molecule has 6 nitrogen and oxygen atoms in total. The Morgan fingerprint density at radius 1 is 1.31 bits per heavy atom. The molecule has 1 atom stereocenters. The number of allylic oxidation sites excluding steroid dienone is 1. The fourth-order valence-corrected chi connectivity index (χ4v) is 3.06. The summed E-state index contributed by atoms with van der Waals surface area (Å²) in [7, 11) is 1.60. The van der Waals surface area contributed by atoms with Crippen LogP contribution in [0.15, 0.2) is 42.0 Å². The number of benzene rings is 1. The van der Waals surface area contributed by atoms with Crippen LogP contribution >= 0.6 is 0 Å². The highest BCUT2D eigenvalue weighted by Crippen LogP contribution is 2.26. The Balaban J connectivity index is 1.57. The number of carbonyl (C=O) groups is 1. The van der Waals surface area contributed by atoms with Gasteiger partial charge in [-0.3, -0.25) is 9.89 Å². The molecule has 3 rings (SSSR count). The zero-order valence-electron chi connectivity index (χ0n) is 15.2. The van der Waals surface area contributed by atoms with E-state index in [0.29, 0.717) is 17.2 Å². The number of hydrogen-bond acceptors (Lipinski definition) is 4. The molecule has 138 valence electrons. The van der Waals surface area contributed by atoms with Crippen molar-refractivity contribution in [3.8, 4) is 11.5 Å². The fraction of sp³-hybridized carbons (Fsp3) is 0.400. The van der Waals surface area contributed by atoms with Crippen LogP contribution in [0.4, 0.5) is 0 Å². The van der Waals surface area contributed by atoms with Gasteiger partial charge >= 0.3 is 0 Å². The number of carbonyl (C=O) groups excluding carboxylic acids is 1. The summed E-state index contributed by atoms with van der Waals surface area (Å²) in [6, 6.07) is 9.18. The molecule has 0 spiro atoms. The summed E-state index contributed by atoms with van der Waals surface area (Å²) in [5, 5.41) is 9.98. The number of ether oxygens (including phenoxy) is 2. The van der Waals surface area contributed by atoms with Crippen molar-refractivity contribution >= 4 is 5.91 Å². The van der Waals surface area contributed by atoms with Crippen molar-refractivity contribution in [1.29, 1.82) is 0 Å². The molecule has 1 unspecified atom stereocenters. The summed E-state index contributed by atoms with van der Waals surface area (Å²) < 4.78 is 11.0. The molecule has 1 aromatic carbocycles. The lowest BCUT2D eigenvalue weighted by atomic mass is 9.95. The third-order valence-electron chi connectivity index (χ3n) is 4.55. The summed E-state index contributed by atoms with van der Waals surface area (Å²) in [5.41, 5.74) is 2.40. The molecule has 0 bridgehead atoms. The summed E-state index contributed by atoms with van der Waals surface area (Å²) in [5.74, 6) is 1.14. The van der Waals surface area contributed by atoms with Gasteiger partial charge in [0.2, 0.25) is 0 Å². The van der Waals surface area contributed by atoms with E-state index in [0.717, 1.165) is 18.5 Å². The average molecular weight is 355 g/mol. The molecule has 1 amide bonds. The topological polar surface area (TPSA) is 76.2 Å². The summed E-state index contributed by atoms with van der Waals surface area (Å²) in [6.07, 6.45) is 6.83. The van der Waals surface area contributed by atoms with E-state index in [1.165, 1.54) is 18.4 Å². The second-order valence-electron chi connectivity index (χ2n) is 6.44. The molecule has 2 N–H and O–H groups in total. The number of nitrogens with one attached hydrogen (secondary N) is 2. The van der Waals surface area contributed by atoms with Gasteiger partial charge < -0.3 is 14.8 Å². The molecular weight excluding hydrogens is 330 g/mol. The maximum Gasteiger partial charge on any atom is 0.272 e. The van der Waals surface area contributed by atoms with Gasteiger partial charge in [0.1, 0.15) is 12.3 Å². The lowest BCUT2D eigenvalue weighted by Gasteiger charge is -2.20. The first-order valence-electron chi connectivity index (χ1n) is 8.97. The van der Waals surface area contributed by atoms with Crippen LogP contribution in [-0.4, -0.2) is 29.3 Å². The zero-order chi connectivity index (χ0) is 18.4. The predicted molar refractivity (Wildman–Crippen MR) is 99.4 cm³/mol. The molecule has 0 aliphatic heterocycles. The minimum absolute atomic E-state index is 0.0350. The number of rotatable bonds is 7. The first kappa shape index (κ1) is 18.0. The van der Waals surface area contributed by atoms with Crippen molar-refractivity contribution < 1.29 is 14.3 Å². The van der Waals surface area contributed by atoms with Crippen molar-refractivity contribution in [3.63, 3.8) is 0 Å². The van der Waals surface area contributed by atoms with Crippen LogP contribution in [0, 0.1) is 0 Å². The number of aromatic amines is 1. The van der Waals surface area contributed by atoms with Gasteiger partial charge in [0.25, 0.3) is 5.91 Å². The van der Waals surface area contributed by atoms with Crippen LogP contribution in [-0.2, 0) is 6.61 Å². The molecule has 0 saturated heterocycles. The highest BCUT2D eigenvalue weighted by Gasteiger charge is 2.17. The minimum Gasteiger partial charge on any atom is -0.493 e. The third kappa shape index (κ3) is 4.45. The van der Waals surface area contributed by atoms with E-state index in [4.69, 9.17) is 9.47 Å². The van der Waals surface area contributed by atoms with E-state index in [1.807, 2.05) is 31.2 Å². The van der Waals surface area contributed by atoms with E-state index < -0.39 is 0 Å². The van der Waals surface area contributed by atoms with Gasteiger partial charge in [-0.1, -0.05) is 23.8 Å². The van der Waals surface area contributed by atoms with Crippen molar-refractivity contribution in [3.05, 3.63) is 53.4 Å². The van der Waals surface area contributed by atoms with Gasteiger partial charge in [-0.25, -0.2) is 0 Å². The van der Waals surface area contributed by atoms with Crippen molar-refractivity contribution in [2.45, 2.75) is 45.3 Å². The molecule has 1 aliphatic carbocycles. The molecule has 0 radical (unpaired) electrons. The smallest absolute Gasteiger partial charge is 0.272 e. The van der Waals surface area contributed by atoms with E-state index in [9.17, 15) is 4.79 Å². The maximum absolute atomic E-state index is 12.4. The number of hydrogen-bond donors (Lipinski definition) is 2. The molecule has 6 heteroatoms. The number of amides is 1. The van der Waals surface area contributed by atoms with Crippen LogP contribution in [0.3, 0.4) is 0 Å². The Morgan fingerprint density at radius 2 is 2.12 bits per heavy atom. The lowest BCUT2D eigenvalue weighted by Crippen LogP contribution is -2.34. The molecule has 2 aromatic rings. The van der Waals surface area contributed by atoms with Crippen LogP contribution in [0.2, 0.25) is 0 Å². The number of para-hydroxylation sites is 2. The van der Waals surface area contributed by atoms with Gasteiger partial charge in [0.15, 0.2) is 11.5 Å². The average Bonchev–Trinajstić information content (AvgIpc) is 3.16. The summed E-state index contributed by atoms with van der Waals surface area (Å²) in [6.45, 7) is 2.30. The highest BCUT2D eigenvalue weighted by molar-refractivity contribution is 5.92. The Bertz CT molecular complexity index is 782. The molecule has 0 saturated carbocycles. The molecule has 1 heterocycles. The Labute approximate surface area is 153 Å². The SMILES string of the molecule is COc1ccccc1OCc1cc(C(=O)NC(C)C2=CCCCC2)n[nH]1. The van der Waals surface area contributed by atoms with E-state index in [-0.39, 0.29) is 18.6 Å². The third-order valence-corrected chi connectivity index (χ3v) is 4.55. The van der Waals surface area contributed by atoms with Crippen LogP contribution in [0.1, 0.15) is 48.8 Å². The van der Waals surface area contributed by atoms with Crippen LogP contribution in [0.5, 0.6) is 11.5 Å². The quantitative estimate of drug-likeness (QED) is 0.744. The first-order valence-corrected chi connectivity index (χ1v) is 8.97. The van der Waals surface area contributed by atoms with E-state index >= 15 is 0 Å². The molecule has 1 aliphatic rings. The molecule has 26 heavy (non-hydrogen) atoms. The Kier molecular flexibility index (Phi) is 5.94. The number of H-pyrrole nitrogens is 1. The van der Waals surface area contributed by atoms with Gasteiger partial charge in [-0.15, -0.1) is 0 Å². The van der Waals surface area contributed by atoms with Crippen molar-refractivity contribution in [2.75, 3.05) is 7.11 Å². The summed E-state index contributed by atoms with van der Waals surface area (Å²) in [4.78, 5) is 12.4. The van der Waals surface area contributed by atoms with Gasteiger partial charge in [-0.2, -0.15) is 5.10 Å². The number of methoxy groups -OCH3 is 1. The standard InChI is InChI=1S/C20H25N3O3/c1-14(15-8-4-3-5-9-15)21-20(24)17-12-16(22-23-17)13-26-19-11-7-6-10-18(19)25-2/h6-8,10-12,14H,3-5,9,13H2,1-2H3,(H,21,24)(H,22,23). The second kappa shape index (κ2) is 8.56. The molecule has 1 aromatic heterocycles. The minimum atomic E-state index is -0.177. The molecule has 0 fully saturated rings. The van der Waals surface area contributed by atoms with Gasteiger partial charge in [0, 0.05) is 6.04 Å². The molecular formula is C20H25N3O3. The van der Waals surface area contributed by atoms with Gasteiger partial charge in [-0.05, 0) is 50.8 Å². The van der Waals surface area contributed by atoms with E-state index in [1.54, 1.807) is 13.2 Å². The van der Waals surface area contributed by atoms with E-state index in [2.05, 4.69) is 21.6 Å².